The minimum absolute atomic E-state index is 0.475. The molecule has 0 aliphatic carbocycles. The lowest BCUT2D eigenvalue weighted by molar-refractivity contribution is 0.392. The molecule has 0 atom stereocenters. The van der Waals surface area contributed by atoms with Crippen molar-refractivity contribution in [3.63, 3.8) is 0 Å². The lowest BCUT2D eigenvalue weighted by Crippen LogP contribution is -2.00. The van der Waals surface area contributed by atoms with E-state index in [1.807, 2.05) is 6.92 Å². The lowest BCUT2D eigenvalue weighted by Gasteiger charge is -1.98. The number of nitrogens with zero attached hydrogens (tertiary/aromatic N) is 1. The highest BCUT2D eigenvalue weighted by Crippen LogP contribution is 2.17. The summed E-state index contributed by atoms with van der Waals surface area (Å²) in [6, 6.07) is 0. The van der Waals surface area contributed by atoms with Crippen molar-refractivity contribution in [1.29, 1.82) is 0 Å². The van der Waals surface area contributed by atoms with Crippen LogP contribution in [0.5, 0.6) is 5.88 Å². The number of aromatic nitrogens is 2. The van der Waals surface area contributed by atoms with E-state index in [4.69, 9.17) is 10.5 Å². The fourth-order valence-corrected chi connectivity index (χ4v) is 1.05. The quantitative estimate of drug-likeness (QED) is 0.665. The maximum Gasteiger partial charge on any atom is 0.237 e. The molecule has 1 aromatic rings. The highest BCUT2D eigenvalue weighted by atomic mass is 16.5. The van der Waals surface area contributed by atoms with Crippen molar-refractivity contribution < 1.29 is 4.74 Å². The molecule has 0 amide bonds. The normalized spacial score (nSPS) is 10.1. The molecule has 0 aliphatic heterocycles. The molecule has 1 rings (SSSR count). The van der Waals surface area contributed by atoms with Gasteiger partial charge in [0.15, 0.2) is 0 Å². The summed E-state index contributed by atoms with van der Waals surface area (Å²) in [5, 5.41) is 6.82. The summed E-state index contributed by atoms with van der Waals surface area (Å²) in [4.78, 5) is 0. The van der Waals surface area contributed by atoms with Gasteiger partial charge in [-0.3, -0.25) is 5.10 Å². The molecule has 0 aliphatic rings. The summed E-state index contributed by atoms with van der Waals surface area (Å²) in [5.41, 5.74) is 7.55. The van der Waals surface area contributed by atoms with E-state index in [1.165, 1.54) is 0 Å². The van der Waals surface area contributed by atoms with E-state index in [0.29, 0.717) is 12.4 Å². The van der Waals surface area contributed by atoms with Crippen LogP contribution in [0.2, 0.25) is 0 Å². The lowest BCUT2D eigenvalue weighted by atomic mass is 10.2. The average molecular weight is 155 g/mol. The second kappa shape index (κ2) is 3.39. The molecule has 0 saturated carbocycles. The molecular weight excluding hydrogens is 142 g/mol. The van der Waals surface area contributed by atoms with Gasteiger partial charge in [0.05, 0.1) is 12.7 Å². The van der Waals surface area contributed by atoms with Gasteiger partial charge in [-0.25, -0.2) is 0 Å². The molecule has 11 heavy (non-hydrogen) atoms. The molecule has 0 bridgehead atoms. The van der Waals surface area contributed by atoms with Crippen molar-refractivity contribution in [1.82, 2.24) is 10.2 Å². The summed E-state index contributed by atoms with van der Waals surface area (Å²) in [6.45, 7) is 2.52. The SMILES string of the molecule is CCc1[nH]nc(OC)c1CN. The highest BCUT2D eigenvalue weighted by Gasteiger charge is 2.09. The van der Waals surface area contributed by atoms with Gasteiger partial charge < -0.3 is 10.5 Å². The van der Waals surface area contributed by atoms with Crippen LogP contribution in [0.15, 0.2) is 0 Å². The first-order valence-electron chi connectivity index (χ1n) is 3.63. The van der Waals surface area contributed by atoms with Gasteiger partial charge >= 0.3 is 0 Å². The number of H-pyrrole nitrogens is 1. The fraction of sp³-hybridized carbons (Fsp3) is 0.571. The Morgan fingerprint density at radius 2 is 2.36 bits per heavy atom. The number of aryl methyl sites for hydroxylation is 1. The molecule has 0 saturated heterocycles. The Bertz CT molecular complexity index is 210. The second-order valence-electron chi connectivity index (χ2n) is 2.25. The topological polar surface area (TPSA) is 63.9 Å². The summed E-state index contributed by atoms with van der Waals surface area (Å²) in [5.74, 6) is 0.615. The molecular formula is C7H13N3O. The van der Waals surface area contributed by atoms with Gasteiger partial charge in [-0.05, 0) is 6.42 Å². The maximum atomic E-state index is 5.51. The predicted octanol–water partition coefficient (Wildman–Crippen LogP) is 0.439. The van der Waals surface area contributed by atoms with Crippen LogP contribution < -0.4 is 10.5 Å². The molecule has 0 spiro atoms. The molecule has 4 heteroatoms. The van der Waals surface area contributed by atoms with E-state index < -0.39 is 0 Å². The summed E-state index contributed by atoms with van der Waals surface area (Å²) >= 11 is 0. The Kier molecular flexibility index (Phi) is 2.48. The van der Waals surface area contributed by atoms with Crippen molar-refractivity contribution >= 4 is 0 Å². The second-order valence-corrected chi connectivity index (χ2v) is 2.25. The molecule has 0 fully saturated rings. The summed E-state index contributed by atoms with van der Waals surface area (Å²) in [7, 11) is 1.59. The Morgan fingerprint density at radius 3 is 2.82 bits per heavy atom. The van der Waals surface area contributed by atoms with Crippen molar-refractivity contribution in [2.45, 2.75) is 19.9 Å². The Labute approximate surface area is 65.7 Å². The number of hydrogen-bond acceptors (Lipinski definition) is 3. The van der Waals surface area contributed by atoms with E-state index >= 15 is 0 Å². The first kappa shape index (κ1) is 8.07. The molecule has 3 N–H and O–H groups in total. The minimum Gasteiger partial charge on any atom is -0.480 e. The number of methoxy groups -OCH3 is 1. The third-order valence-electron chi connectivity index (χ3n) is 1.67. The highest BCUT2D eigenvalue weighted by molar-refractivity contribution is 5.29. The van der Waals surface area contributed by atoms with Gasteiger partial charge in [-0.15, -0.1) is 5.10 Å². The van der Waals surface area contributed by atoms with Gasteiger partial charge in [0.25, 0.3) is 0 Å². The van der Waals surface area contributed by atoms with Crippen LogP contribution in [0, 0.1) is 0 Å². The van der Waals surface area contributed by atoms with Crippen molar-refractivity contribution in [2.75, 3.05) is 7.11 Å². The van der Waals surface area contributed by atoms with Gasteiger partial charge in [-0.2, -0.15) is 0 Å². The van der Waals surface area contributed by atoms with Crippen LogP contribution in [0.25, 0.3) is 0 Å². The van der Waals surface area contributed by atoms with Crippen LogP contribution in [-0.4, -0.2) is 17.3 Å². The van der Waals surface area contributed by atoms with Gasteiger partial charge in [0.2, 0.25) is 5.88 Å². The summed E-state index contributed by atoms with van der Waals surface area (Å²) in [6.07, 6.45) is 0.906. The molecule has 0 unspecified atom stereocenters. The number of nitrogens with one attached hydrogen (secondary N) is 1. The molecule has 0 radical (unpaired) electrons. The van der Waals surface area contributed by atoms with E-state index in [9.17, 15) is 0 Å². The zero-order valence-corrected chi connectivity index (χ0v) is 6.85. The van der Waals surface area contributed by atoms with Crippen molar-refractivity contribution in [3.05, 3.63) is 11.3 Å². The number of aromatic amines is 1. The third-order valence-corrected chi connectivity index (χ3v) is 1.67. The first-order chi connectivity index (χ1) is 5.33. The average Bonchev–Trinajstić information content (AvgIpc) is 2.45. The smallest absolute Gasteiger partial charge is 0.237 e. The van der Waals surface area contributed by atoms with E-state index in [2.05, 4.69) is 10.2 Å². The van der Waals surface area contributed by atoms with Crippen LogP contribution in [0.1, 0.15) is 18.2 Å². The van der Waals surface area contributed by atoms with Gasteiger partial charge in [0, 0.05) is 12.2 Å². The number of hydrogen-bond donors (Lipinski definition) is 2. The molecule has 1 heterocycles. The largest absolute Gasteiger partial charge is 0.480 e. The van der Waals surface area contributed by atoms with E-state index in [-0.39, 0.29) is 0 Å². The van der Waals surface area contributed by atoms with Gasteiger partial charge in [-0.1, -0.05) is 6.92 Å². The van der Waals surface area contributed by atoms with Crippen molar-refractivity contribution in [3.8, 4) is 5.88 Å². The molecule has 0 aromatic carbocycles. The van der Waals surface area contributed by atoms with E-state index in [1.54, 1.807) is 7.11 Å². The zero-order valence-electron chi connectivity index (χ0n) is 6.85. The Hall–Kier alpha value is -1.03. The minimum atomic E-state index is 0.475. The Balaban J connectivity index is 2.99. The van der Waals surface area contributed by atoms with Crippen LogP contribution in [-0.2, 0) is 13.0 Å². The molecule has 1 aromatic heterocycles. The Morgan fingerprint density at radius 1 is 1.64 bits per heavy atom. The number of ether oxygens (including phenoxy) is 1. The standard InChI is InChI=1S/C7H13N3O/c1-3-6-5(4-8)7(11-2)10-9-6/h3-4,8H2,1-2H3,(H,9,10). The molecule has 62 valence electrons. The third kappa shape index (κ3) is 1.35. The van der Waals surface area contributed by atoms with E-state index in [0.717, 1.165) is 17.7 Å². The van der Waals surface area contributed by atoms with Crippen LogP contribution >= 0.6 is 0 Å². The van der Waals surface area contributed by atoms with Crippen LogP contribution in [0.4, 0.5) is 0 Å². The first-order valence-corrected chi connectivity index (χ1v) is 3.63. The zero-order chi connectivity index (χ0) is 8.27. The monoisotopic (exact) mass is 155 g/mol. The van der Waals surface area contributed by atoms with Gasteiger partial charge in [0.1, 0.15) is 0 Å². The maximum absolute atomic E-state index is 5.51. The number of nitrogens with two attached hydrogens (primary N) is 1. The predicted molar refractivity (Wildman–Crippen MR) is 42.4 cm³/mol. The summed E-state index contributed by atoms with van der Waals surface area (Å²) < 4.78 is 5.00. The van der Waals surface area contributed by atoms with Crippen LogP contribution in [0.3, 0.4) is 0 Å². The van der Waals surface area contributed by atoms with Crippen molar-refractivity contribution in [2.24, 2.45) is 5.73 Å². The number of rotatable bonds is 3. The fourth-order valence-electron chi connectivity index (χ4n) is 1.05. The molecule has 4 nitrogen and oxygen atoms in total.